The third kappa shape index (κ3) is 2.16. The molecule has 0 bridgehead atoms. The number of aryl methyl sites for hydroxylation is 1. The van der Waals surface area contributed by atoms with Gasteiger partial charge in [-0.25, -0.2) is 4.98 Å². The summed E-state index contributed by atoms with van der Waals surface area (Å²) >= 11 is 0. The fourth-order valence-corrected chi connectivity index (χ4v) is 1.73. The minimum atomic E-state index is 0.687. The first-order valence-electron chi connectivity index (χ1n) is 5.08. The molecule has 0 amide bonds. The van der Waals surface area contributed by atoms with E-state index in [0.29, 0.717) is 5.56 Å². The van der Waals surface area contributed by atoms with E-state index in [1.165, 1.54) is 0 Å². The van der Waals surface area contributed by atoms with Gasteiger partial charge in [-0.3, -0.25) is 0 Å². The molecule has 76 valence electrons. The van der Waals surface area contributed by atoms with Crippen molar-refractivity contribution in [3.05, 3.63) is 35.5 Å². The quantitative estimate of drug-likeness (QED) is 0.650. The van der Waals surface area contributed by atoms with Gasteiger partial charge >= 0.3 is 0 Å². The average molecular weight is 199 g/mol. The molecule has 0 aromatic carbocycles. The number of hydrogen-bond donors (Lipinski definition) is 0. The zero-order chi connectivity index (χ0) is 10.7. The van der Waals surface area contributed by atoms with Crippen LogP contribution in [0.1, 0.15) is 17.7 Å². The van der Waals surface area contributed by atoms with Crippen LogP contribution < -0.4 is 4.90 Å². The Bertz CT molecular complexity index is 429. The molecule has 1 aromatic rings. The molecule has 1 aliphatic rings. The minimum absolute atomic E-state index is 0.687. The number of aromatic nitrogens is 1. The van der Waals surface area contributed by atoms with Crippen molar-refractivity contribution in [3.8, 4) is 6.07 Å². The molecule has 2 rings (SSSR count). The topological polar surface area (TPSA) is 39.9 Å². The third-order valence-corrected chi connectivity index (χ3v) is 2.45. The number of anilines is 1. The van der Waals surface area contributed by atoms with Crippen LogP contribution in [0.2, 0.25) is 0 Å². The molecule has 0 aliphatic carbocycles. The largest absolute Gasteiger partial charge is 0.353 e. The monoisotopic (exact) mass is 199 g/mol. The van der Waals surface area contributed by atoms with E-state index in [9.17, 15) is 0 Å². The van der Waals surface area contributed by atoms with E-state index in [1.807, 2.05) is 19.1 Å². The molecule has 2 heterocycles. The molecule has 0 saturated carbocycles. The molecule has 0 saturated heterocycles. The molecule has 0 atom stereocenters. The highest BCUT2D eigenvalue weighted by atomic mass is 15.2. The molecule has 0 unspecified atom stereocenters. The second-order valence-corrected chi connectivity index (χ2v) is 3.67. The zero-order valence-electron chi connectivity index (χ0n) is 8.77. The summed E-state index contributed by atoms with van der Waals surface area (Å²) in [5.74, 6) is 0.913. The van der Waals surface area contributed by atoms with Crippen molar-refractivity contribution in [1.82, 2.24) is 4.98 Å². The van der Waals surface area contributed by atoms with E-state index in [0.717, 1.165) is 31.0 Å². The van der Waals surface area contributed by atoms with Crippen molar-refractivity contribution in [3.63, 3.8) is 0 Å². The van der Waals surface area contributed by atoms with Gasteiger partial charge in [0.25, 0.3) is 0 Å². The Balaban J connectivity index is 2.31. The number of hydrogen-bond acceptors (Lipinski definition) is 3. The summed E-state index contributed by atoms with van der Waals surface area (Å²) in [7, 11) is 0. The van der Waals surface area contributed by atoms with Gasteiger partial charge in [0, 0.05) is 18.8 Å². The van der Waals surface area contributed by atoms with Crippen LogP contribution in [0.15, 0.2) is 24.3 Å². The van der Waals surface area contributed by atoms with Gasteiger partial charge in [0.15, 0.2) is 0 Å². The Morgan fingerprint density at radius 3 is 2.93 bits per heavy atom. The molecule has 1 aromatic heterocycles. The summed E-state index contributed by atoms with van der Waals surface area (Å²) in [5.41, 5.74) is 1.59. The predicted molar refractivity (Wildman–Crippen MR) is 59.7 cm³/mol. The first kappa shape index (κ1) is 9.72. The number of rotatable bonds is 1. The highest BCUT2D eigenvalue weighted by molar-refractivity contribution is 5.47. The SMILES string of the molecule is Cc1cc(C#N)cc(N2CC=CCC2)n1. The average Bonchev–Trinajstić information content (AvgIpc) is 2.29. The smallest absolute Gasteiger partial charge is 0.130 e. The van der Waals surface area contributed by atoms with Crippen molar-refractivity contribution in [2.45, 2.75) is 13.3 Å². The minimum Gasteiger partial charge on any atom is -0.353 e. The van der Waals surface area contributed by atoms with E-state index in [4.69, 9.17) is 5.26 Å². The summed E-state index contributed by atoms with van der Waals surface area (Å²) in [6.45, 7) is 3.79. The van der Waals surface area contributed by atoms with Crippen molar-refractivity contribution in [2.24, 2.45) is 0 Å². The van der Waals surface area contributed by atoms with Crippen molar-refractivity contribution >= 4 is 5.82 Å². The fourth-order valence-electron chi connectivity index (χ4n) is 1.73. The number of nitriles is 1. The second-order valence-electron chi connectivity index (χ2n) is 3.67. The van der Waals surface area contributed by atoms with Gasteiger partial charge in [-0.15, -0.1) is 0 Å². The van der Waals surface area contributed by atoms with Gasteiger partial charge in [-0.05, 0) is 25.5 Å². The van der Waals surface area contributed by atoms with Gasteiger partial charge < -0.3 is 4.90 Å². The van der Waals surface area contributed by atoms with Gasteiger partial charge in [0.2, 0.25) is 0 Å². The molecule has 0 spiro atoms. The number of pyridine rings is 1. The van der Waals surface area contributed by atoms with Crippen LogP contribution in [-0.4, -0.2) is 18.1 Å². The van der Waals surface area contributed by atoms with Crippen LogP contribution in [0, 0.1) is 18.3 Å². The lowest BCUT2D eigenvalue weighted by Crippen LogP contribution is -2.27. The van der Waals surface area contributed by atoms with Crippen molar-refractivity contribution in [1.29, 1.82) is 5.26 Å². The maximum absolute atomic E-state index is 8.87. The van der Waals surface area contributed by atoms with E-state index < -0.39 is 0 Å². The fraction of sp³-hybridized carbons (Fsp3) is 0.333. The predicted octanol–water partition coefficient (Wildman–Crippen LogP) is 2.03. The highest BCUT2D eigenvalue weighted by Gasteiger charge is 2.09. The lowest BCUT2D eigenvalue weighted by molar-refractivity contribution is 0.803. The highest BCUT2D eigenvalue weighted by Crippen LogP contribution is 2.16. The lowest BCUT2D eigenvalue weighted by Gasteiger charge is -2.24. The molecule has 3 heteroatoms. The third-order valence-electron chi connectivity index (χ3n) is 2.45. The first-order valence-corrected chi connectivity index (χ1v) is 5.08. The van der Waals surface area contributed by atoms with Crippen LogP contribution in [0.5, 0.6) is 0 Å². The second kappa shape index (κ2) is 4.14. The van der Waals surface area contributed by atoms with Gasteiger partial charge in [-0.2, -0.15) is 5.26 Å². The molecular weight excluding hydrogens is 186 g/mol. The van der Waals surface area contributed by atoms with Crippen LogP contribution in [0.25, 0.3) is 0 Å². The Morgan fingerprint density at radius 2 is 2.27 bits per heavy atom. The molecule has 15 heavy (non-hydrogen) atoms. The Hall–Kier alpha value is -1.82. The standard InChI is InChI=1S/C12H13N3/c1-10-7-11(9-13)8-12(14-10)15-5-3-2-4-6-15/h2-3,7-8H,4-6H2,1H3. The van der Waals surface area contributed by atoms with Crippen LogP contribution in [0.4, 0.5) is 5.82 Å². The van der Waals surface area contributed by atoms with Gasteiger partial charge in [-0.1, -0.05) is 12.2 Å². The van der Waals surface area contributed by atoms with Crippen LogP contribution >= 0.6 is 0 Å². The van der Waals surface area contributed by atoms with Crippen molar-refractivity contribution < 1.29 is 0 Å². The molecule has 0 fully saturated rings. The lowest BCUT2D eigenvalue weighted by atomic mass is 10.2. The summed E-state index contributed by atoms with van der Waals surface area (Å²) in [5, 5.41) is 8.87. The summed E-state index contributed by atoms with van der Waals surface area (Å²) in [4.78, 5) is 6.63. The molecule has 1 aliphatic heterocycles. The van der Waals surface area contributed by atoms with E-state index in [2.05, 4.69) is 28.1 Å². The normalized spacial score (nSPS) is 15.1. The zero-order valence-corrected chi connectivity index (χ0v) is 8.77. The Kier molecular flexibility index (Phi) is 2.68. The number of nitrogens with zero attached hydrogens (tertiary/aromatic N) is 3. The van der Waals surface area contributed by atoms with Crippen molar-refractivity contribution in [2.75, 3.05) is 18.0 Å². The molecular formula is C12H13N3. The Morgan fingerprint density at radius 1 is 1.40 bits per heavy atom. The maximum atomic E-state index is 8.87. The summed E-state index contributed by atoms with van der Waals surface area (Å²) < 4.78 is 0. The van der Waals surface area contributed by atoms with Gasteiger partial charge in [0.1, 0.15) is 5.82 Å². The van der Waals surface area contributed by atoms with E-state index in [-0.39, 0.29) is 0 Å². The Labute approximate surface area is 89.7 Å². The van der Waals surface area contributed by atoms with Crippen LogP contribution in [-0.2, 0) is 0 Å². The van der Waals surface area contributed by atoms with E-state index >= 15 is 0 Å². The molecule has 3 nitrogen and oxygen atoms in total. The first-order chi connectivity index (χ1) is 7.29. The summed E-state index contributed by atoms with van der Waals surface area (Å²) in [6.07, 6.45) is 5.37. The van der Waals surface area contributed by atoms with Crippen LogP contribution in [0.3, 0.4) is 0 Å². The molecule has 0 N–H and O–H groups in total. The maximum Gasteiger partial charge on any atom is 0.130 e. The summed E-state index contributed by atoms with van der Waals surface area (Å²) in [6, 6.07) is 5.82. The molecule has 0 radical (unpaired) electrons. The van der Waals surface area contributed by atoms with Gasteiger partial charge in [0.05, 0.1) is 11.6 Å². The van der Waals surface area contributed by atoms with E-state index in [1.54, 1.807) is 0 Å².